The summed E-state index contributed by atoms with van der Waals surface area (Å²) in [4.78, 5) is 12.2. The van der Waals surface area contributed by atoms with E-state index in [4.69, 9.17) is 0 Å². The molecular weight excluding hydrogens is 402 g/mol. The second-order valence-corrected chi connectivity index (χ2v) is 7.37. The van der Waals surface area contributed by atoms with E-state index in [-0.39, 0.29) is 5.91 Å². The topological polar surface area (TPSA) is 47.8 Å². The van der Waals surface area contributed by atoms with Gasteiger partial charge in [0.05, 0.1) is 11.2 Å². The lowest BCUT2D eigenvalue weighted by atomic mass is 10.0. The molecule has 0 saturated carbocycles. The first kappa shape index (κ1) is 16.1. The average molecular weight is 416 g/mol. The van der Waals surface area contributed by atoms with E-state index in [0.717, 1.165) is 37.4 Å². The molecule has 0 unspecified atom stereocenters. The maximum Gasteiger partial charge on any atom is 0.229 e. The molecule has 3 aromatic carbocycles. The van der Waals surface area contributed by atoms with E-state index in [2.05, 4.69) is 56.5 Å². The zero-order valence-electron chi connectivity index (χ0n) is 14.5. The van der Waals surface area contributed by atoms with Crippen LogP contribution >= 0.6 is 15.9 Å². The zero-order valence-corrected chi connectivity index (χ0v) is 16.1. The molecule has 5 rings (SSSR count). The van der Waals surface area contributed by atoms with Crippen molar-refractivity contribution in [2.45, 2.75) is 6.92 Å². The average Bonchev–Trinajstić information content (AvgIpc) is 3.02. The summed E-state index contributed by atoms with van der Waals surface area (Å²) < 4.78 is 2.55. The molecule has 0 radical (unpaired) electrons. The van der Waals surface area contributed by atoms with Crippen LogP contribution in [0.1, 0.15) is 11.7 Å². The first-order valence-corrected chi connectivity index (χ1v) is 9.39. The van der Waals surface area contributed by atoms with Crippen molar-refractivity contribution in [3.63, 3.8) is 0 Å². The molecule has 27 heavy (non-hydrogen) atoms. The summed E-state index contributed by atoms with van der Waals surface area (Å²) in [6.07, 6.45) is 0. The van der Waals surface area contributed by atoms with E-state index in [0.29, 0.717) is 5.65 Å². The van der Waals surface area contributed by atoms with Crippen LogP contribution < -0.4 is 0 Å². The molecule has 0 saturated heterocycles. The molecule has 0 bridgehead atoms. The number of benzene rings is 3. The standard InChI is InChI=1S/C22H14BrN3O/c1-13(27)26-20-8-4-7-18(23)21(20)17-12-19(24-25-22(17)26)16-10-9-14-5-2-3-6-15(14)11-16/h2-12H,1H3. The molecule has 2 aromatic heterocycles. The van der Waals surface area contributed by atoms with Gasteiger partial charge in [-0.1, -0.05) is 58.4 Å². The number of hydrogen-bond acceptors (Lipinski definition) is 3. The Morgan fingerprint density at radius 1 is 0.926 bits per heavy atom. The second-order valence-electron chi connectivity index (χ2n) is 6.52. The second kappa shape index (κ2) is 5.99. The van der Waals surface area contributed by atoms with Crippen LogP contribution in [0.15, 0.2) is 71.2 Å². The van der Waals surface area contributed by atoms with Crippen LogP contribution in [0, 0.1) is 0 Å². The molecule has 0 fully saturated rings. The minimum atomic E-state index is -0.0825. The van der Waals surface area contributed by atoms with E-state index in [1.54, 1.807) is 11.5 Å². The van der Waals surface area contributed by atoms with Crippen LogP contribution in [0.2, 0.25) is 0 Å². The Morgan fingerprint density at radius 3 is 2.56 bits per heavy atom. The van der Waals surface area contributed by atoms with Gasteiger partial charge in [-0.25, -0.2) is 0 Å². The molecule has 0 aliphatic carbocycles. The van der Waals surface area contributed by atoms with Crippen molar-refractivity contribution in [3.05, 3.63) is 71.2 Å². The minimum Gasteiger partial charge on any atom is -0.274 e. The molecule has 130 valence electrons. The summed E-state index contributed by atoms with van der Waals surface area (Å²) in [5.74, 6) is -0.0825. The van der Waals surface area contributed by atoms with Gasteiger partial charge in [0.2, 0.25) is 5.91 Å². The molecule has 0 amide bonds. The first-order chi connectivity index (χ1) is 13.1. The molecule has 0 spiro atoms. The lowest BCUT2D eigenvalue weighted by Gasteiger charge is -2.04. The van der Waals surface area contributed by atoms with Crippen LogP contribution in [0.4, 0.5) is 0 Å². The van der Waals surface area contributed by atoms with Crippen LogP contribution in [0.5, 0.6) is 0 Å². The number of rotatable bonds is 1. The number of carbonyl (C=O) groups excluding carboxylic acids is 1. The third-order valence-corrected chi connectivity index (χ3v) is 5.51. The van der Waals surface area contributed by atoms with Gasteiger partial charge in [-0.05, 0) is 35.0 Å². The molecule has 0 aliphatic rings. The Kier molecular flexibility index (Phi) is 3.58. The Morgan fingerprint density at radius 2 is 1.74 bits per heavy atom. The highest BCUT2D eigenvalue weighted by atomic mass is 79.9. The molecule has 5 heteroatoms. The molecule has 0 N–H and O–H groups in total. The van der Waals surface area contributed by atoms with Crippen LogP contribution in [-0.4, -0.2) is 20.7 Å². The van der Waals surface area contributed by atoms with Crippen molar-refractivity contribution in [2.75, 3.05) is 0 Å². The lowest BCUT2D eigenvalue weighted by molar-refractivity contribution is 0.0945. The van der Waals surface area contributed by atoms with Crippen molar-refractivity contribution in [3.8, 4) is 11.3 Å². The molecule has 2 heterocycles. The minimum absolute atomic E-state index is 0.0825. The lowest BCUT2D eigenvalue weighted by Crippen LogP contribution is -2.06. The van der Waals surface area contributed by atoms with E-state index in [1.165, 1.54) is 5.39 Å². The van der Waals surface area contributed by atoms with Gasteiger partial charge in [0, 0.05) is 27.7 Å². The number of carbonyl (C=O) groups is 1. The third kappa shape index (κ3) is 2.46. The van der Waals surface area contributed by atoms with Gasteiger partial charge < -0.3 is 0 Å². The largest absolute Gasteiger partial charge is 0.274 e. The Bertz CT molecular complexity index is 1370. The van der Waals surface area contributed by atoms with E-state index >= 15 is 0 Å². The molecule has 5 aromatic rings. The molecule has 0 atom stereocenters. The monoisotopic (exact) mass is 415 g/mol. The normalized spacial score (nSPS) is 11.5. The van der Waals surface area contributed by atoms with E-state index < -0.39 is 0 Å². The SMILES string of the molecule is CC(=O)n1c2cccc(Br)c2c2cc(-c3ccc4ccccc4c3)nnc21. The fraction of sp³-hybridized carbons (Fsp3) is 0.0455. The fourth-order valence-electron chi connectivity index (χ4n) is 3.62. The number of fused-ring (bicyclic) bond motifs is 4. The van der Waals surface area contributed by atoms with Crippen LogP contribution in [-0.2, 0) is 0 Å². The molecule has 0 aliphatic heterocycles. The number of halogens is 1. The van der Waals surface area contributed by atoms with Gasteiger partial charge in [-0.3, -0.25) is 9.36 Å². The van der Waals surface area contributed by atoms with Gasteiger partial charge in [0.25, 0.3) is 0 Å². The maximum absolute atomic E-state index is 12.2. The highest BCUT2D eigenvalue weighted by Crippen LogP contribution is 2.35. The summed E-state index contributed by atoms with van der Waals surface area (Å²) in [6, 6.07) is 22.3. The van der Waals surface area contributed by atoms with Gasteiger partial charge >= 0.3 is 0 Å². The van der Waals surface area contributed by atoms with E-state index in [9.17, 15) is 4.79 Å². The number of aromatic nitrogens is 3. The van der Waals surface area contributed by atoms with E-state index in [1.807, 2.05) is 36.4 Å². The molecule has 4 nitrogen and oxygen atoms in total. The maximum atomic E-state index is 12.2. The van der Waals surface area contributed by atoms with Crippen molar-refractivity contribution >= 4 is 54.5 Å². The predicted molar refractivity (Wildman–Crippen MR) is 112 cm³/mol. The fourth-order valence-corrected chi connectivity index (χ4v) is 4.19. The summed E-state index contributed by atoms with van der Waals surface area (Å²) >= 11 is 3.62. The summed E-state index contributed by atoms with van der Waals surface area (Å²) in [6.45, 7) is 1.54. The van der Waals surface area contributed by atoms with Crippen molar-refractivity contribution in [2.24, 2.45) is 0 Å². The number of hydrogen-bond donors (Lipinski definition) is 0. The number of nitrogens with zero attached hydrogens (tertiary/aromatic N) is 3. The third-order valence-electron chi connectivity index (χ3n) is 4.85. The summed E-state index contributed by atoms with van der Waals surface area (Å²) in [5, 5.41) is 13.0. The van der Waals surface area contributed by atoms with Crippen molar-refractivity contribution in [1.82, 2.24) is 14.8 Å². The highest BCUT2D eigenvalue weighted by Gasteiger charge is 2.18. The van der Waals surface area contributed by atoms with Crippen LogP contribution in [0.3, 0.4) is 0 Å². The van der Waals surface area contributed by atoms with Gasteiger partial charge in [-0.15, -0.1) is 10.2 Å². The Labute approximate surface area is 163 Å². The Hall–Kier alpha value is -3.05. The quantitative estimate of drug-likeness (QED) is 0.346. The molecular formula is C22H14BrN3O. The van der Waals surface area contributed by atoms with Gasteiger partial charge in [0.15, 0.2) is 5.65 Å². The van der Waals surface area contributed by atoms with Crippen LogP contribution in [0.25, 0.3) is 44.0 Å². The summed E-state index contributed by atoms with van der Waals surface area (Å²) in [7, 11) is 0. The van der Waals surface area contributed by atoms with Gasteiger partial charge in [0.1, 0.15) is 0 Å². The predicted octanol–water partition coefficient (Wildman–Crippen LogP) is 5.83. The van der Waals surface area contributed by atoms with Crippen molar-refractivity contribution in [1.29, 1.82) is 0 Å². The summed E-state index contributed by atoms with van der Waals surface area (Å²) in [5.41, 5.74) is 3.19. The first-order valence-electron chi connectivity index (χ1n) is 8.60. The van der Waals surface area contributed by atoms with Crippen molar-refractivity contribution < 1.29 is 4.79 Å². The smallest absolute Gasteiger partial charge is 0.229 e. The Balaban J connectivity index is 1.82. The highest BCUT2D eigenvalue weighted by molar-refractivity contribution is 9.10. The van der Waals surface area contributed by atoms with Gasteiger partial charge in [-0.2, -0.15) is 0 Å². The zero-order chi connectivity index (χ0) is 18.5.